The predicted molar refractivity (Wildman–Crippen MR) is 101 cm³/mol. The first-order valence-electron chi connectivity index (χ1n) is 7.64. The zero-order valence-corrected chi connectivity index (χ0v) is 15.7. The molecular weight excluding hydrogens is 363 g/mol. The molecule has 134 valence electrons. The van der Waals surface area contributed by atoms with Gasteiger partial charge in [0.05, 0.1) is 31.0 Å². The summed E-state index contributed by atoms with van der Waals surface area (Å²) in [5, 5.41) is 6.86. The molecule has 0 unspecified atom stereocenters. The molecule has 0 bridgehead atoms. The van der Waals surface area contributed by atoms with Crippen LogP contribution in [-0.2, 0) is 11.3 Å². The Labute approximate surface area is 157 Å². The van der Waals surface area contributed by atoms with Crippen molar-refractivity contribution in [1.29, 1.82) is 0 Å². The average molecular weight is 383 g/mol. The third-order valence-corrected chi connectivity index (χ3v) is 4.20. The Balaban J connectivity index is 1.96. The first-order valence-corrected chi connectivity index (χ1v) is 8.40. The van der Waals surface area contributed by atoms with Crippen LogP contribution in [0.1, 0.15) is 12.5 Å². The third-order valence-electron chi connectivity index (χ3n) is 3.64. The highest BCUT2D eigenvalue weighted by molar-refractivity contribution is 6.35. The predicted octanol–water partition coefficient (Wildman–Crippen LogP) is 4.13. The molecule has 0 fully saturated rings. The third kappa shape index (κ3) is 5.26. The van der Waals surface area contributed by atoms with Crippen molar-refractivity contribution in [2.24, 2.45) is 0 Å². The lowest BCUT2D eigenvalue weighted by Gasteiger charge is -2.16. The van der Waals surface area contributed by atoms with Crippen LogP contribution in [0.3, 0.4) is 0 Å². The standard InChI is InChI=1S/C18H20Cl2N2O3/c1-11(18(23)22-15-9-13(19)5-6-14(15)20)21-10-12-4-7-16(24-2)17(8-12)25-3/h4-9,11,21H,10H2,1-3H3,(H,22,23)/t11-/m0/s1. The Hall–Kier alpha value is -1.95. The molecule has 1 amide bonds. The van der Waals surface area contributed by atoms with E-state index < -0.39 is 6.04 Å². The van der Waals surface area contributed by atoms with Gasteiger partial charge in [-0.15, -0.1) is 0 Å². The zero-order valence-electron chi connectivity index (χ0n) is 14.2. The van der Waals surface area contributed by atoms with E-state index >= 15 is 0 Å². The van der Waals surface area contributed by atoms with Crippen molar-refractivity contribution >= 4 is 34.8 Å². The molecule has 2 aromatic carbocycles. The van der Waals surface area contributed by atoms with Gasteiger partial charge in [-0.1, -0.05) is 29.3 Å². The average Bonchev–Trinajstić information content (AvgIpc) is 2.62. The highest BCUT2D eigenvalue weighted by Crippen LogP contribution is 2.28. The summed E-state index contributed by atoms with van der Waals surface area (Å²) in [6, 6.07) is 10.1. The fourth-order valence-corrected chi connectivity index (χ4v) is 2.53. The summed E-state index contributed by atoms with van der Waals surface area (Å²) >= 11 is 12.0. The van der Waals surface area contributed by atoms with Gasteiger partial charge in [-0.3, -0.25) is 4.79 Å². The van der Waals surface area contributed by atoms with E-state index in [-0.39, 0.29) is 5.91 Å². The van der Waals surface area contributed by atoms with Crippen molar-refractivity contribution in [2.75, 3.05) is 19.5 Å². The van der Waals surface area contributed by atoms with Crippen LogP contribution in [0.25, 0.3) is 0 Å². The quantitative estimate of drug-likeness (QED) is 0.755. The largest absolute Gasteiger partial charge is 0.493 e. The number of carbonyl (C=O) groups excluding carboxylic acids is 1. The molecule has 0 spiro atoms. The SMILES string of the molecule is COc1ccc(CN[C@@H](C)C(=O)Nc2cc(Cl)ccc2Cl)cc1OC. The van der Waals surface area contributed by atoms with E-state index in [0.717, 1.165) is 5.56 Å². The van der Waals surface area contributed by atoms with E-state index in [9.17, 15) is 4.79 Å². The van der Waals surface area contributed by atoms with Crippen molar-refractivity contribution in [2.45, 2.75) is 19.5 Å². The van der Waals surface area contributed by atoms with E-state index in [2.05, 4.69) is 10.6 Å². The van der Waals surface area contributed by atoms with Crippen molar-refractivity contribution in [3.63, 3.8) is 0 Å². The Kier molecular flexibility index (Phi) is 6.93. The number of anilines is 1. The summed E-state index contributed by atoms with van der Waals surface area (Å²) in [5.74, 6) is 1.10. The number of nitrogens with one attached hydrogen (secondary N) is 2. The van der Waals surface area contributed by atoms with Crippen LogP contribution in [0, 0.1) is 0 Å². The normalized spacial score (nSPS) is 11.7. The van der Waals surface area contributed by atoms with Gasteiger partial charge in [0.2, 0.25) is 5.91 Å². The zero-order chi connectivity index (χ0) is 18.4. The lowest BCUT2D eigenvalue weighted by molar-refractivity contribution is -0.117. The van der Waals surface area contributed by atoms with Crippen LogP contribution in [0.4, 0.5) is 5.69 Å². The lowest BCUT2D eigenvalue weighted by atomic mass is 10.2. The summed E-state index contributed by atoms with van der Waals surface area (Å²) in [5.41, 5.74) is 1.46. The van der Waals surface area contributed by atoms with Gasteiger partial charge in [-0.05, 0) is 42.8 Å². The van der Waals surface area contributed by atoms with Gasteiger partial charge < -0.3 is 20.1 Å². The maximum absolute atomic E-state index is 12.3. The Bertz CT molecular complexity index is 753. The van der Waals surface area contributed by atoms with Crippen LogP contribution >= 0.6 is 23.2 Å². The number of benzene rings is 2. The summed E-state index contributed by atoms with van der Waals surface area (Å²) in [4.78, 5) is 12.3. The Morgan fingerprint density at radius 1 is 1.08 bits per heavy atom. The monoisotopic (exact) mass is 382 g/mol. The molecule has 7 heteroatoms. The van der Waals surface area contributed by atoms with Crippen LogP contribution in [0.2, 0.25) is 10.0 Å². The molecule has 0 aliphatic carbocycles. The van der Waals surface area contributed by atoms with E-state index in [1.54, 1.807) is 39.3 Å². The second-order valence-corrected chi connectivity index (χ2v) is 6.25. The van der Waals surface area contributed by atoms with Gasteiger partial charge in [0, 0.05) is 11.6 Å². The van der Waals surface area contributed by atoms with E-state index in [1.165, 1.54) is 0 Å². The van der Waals surface area contributed by atoms with Crippen molar-refractivity contribution in [3.05, 3.63) is 52.0 Å². The van der Waals surface area contributed by atoms with Crippen LogP contribution in [-0.4, -0.2) is 26.2 Å². The molecule has 0 aliphatic heterocycles. The maximum Gasteiger partial charge on any atom is 0.241 e. The van der Waals surface area contributed by atoms with Gasteiger partial charge >= 0.3 is 0 Å². The minimum absolute atomic E-state index is 0.204. The van der Waals surface area contributed by atoms with Gasteiger partial charge in [0.25, 0.3) is 0 Å². The van der Waals surface area contributed by atoms with Crippen LogP contribution in [0.5, 0.6) is 11.5 Å². The van der Waals surface area contributed by atoms with E-state index in [4.69, 9.17) is 32.7 Å². The van der Waals surface area contributed by atoms with Gasteiger partial charge in [0.1, 0.15) is 0 Å². The number of ether oxygens (including phenoxy) is 2. The van der Waals surface area contributed by atoms with E-state index in [1.807, 2.05) is 18.2 Å². The fraction of sp³-hybridized carbons (Fsp3) is 0.278. The maximum atomic E-state index is 12.3. The number of hydrogen-bond acceptors (Lipinski definition) is 4. The molecule has 1 atom stereocenters. The van der Waals surface area contributed by atoms with Gasteiger partial charge in [-0.2, -0.15) is 0 Å². The molecular formula is C18H20Cl2N2O3. The summed E-state index contributed by atoms with van der Waals surface area (Å²) in [6.45, 7) is 2.27. The summed E-state index contributed by atoms with van der Waals surface area (Å²) in [7, 11) is 3.17. The molecule has 25 heavy (non-hydrogen) atoms. The van der Waals surface area contributed by atoms with Crippen molar-refractivity contribution in [1.82, 2.24) is 5.32 Å². The Morgan fingerprint density at radius 3 is 2.48 bits per heavy atom. The number of methoxy groups -OCH3 is 2. The molecule has 5 nitrogen and oxygen atoms in total. The second-order valence-electron chi connectivity index (χ2n) is 5.41. The molecule has 2 aromatic rings. The first kappa shape index (κ1) is 19.4. The number of carbonyl (C=O) groups is 1. The minimum Gasteiger partial charge on any atom is -0.493 e. The molecule has 0 aromatic heterocycles. The summed E-state index contributed by atoms with van der Waals surface area (Å²) in [6.07, 6.45) is 0. The fourth-order valence-electron chi connectivity index (χ4n) is 2.19. The van der Waals surface area contributed by atoms with Crippen LogP contribution < -0.4 is 20.1 Å². The van der Waals surface area contributed by atoms with Crippen molar-refractivity contribution in [3.8, 4) is 11.5 Å². The second kappa shape index (κ2) is 8.94. The highest BCUT2D eigenvalue weighted by atomic mass is 35.5. The molecule has 0 aliphatic rings. The first-order chi connectivity index (χ1) is 11.9. The number of rotatable bonds is 7. The van der Waals surface area contributed by atoms with E-state index in [0.29, 0.717) is 33.8 Å². The molecule has 0 saturated heterocycles. The molecule has 0 saturated carbocycles. The van der Waals surface area contributed by atoms with Crippen molar-refractivity contribution < 1.29 is 14.3 Å². The molecule has 0 radical (unpaired) electrons. The molecule has 0 heterocycles. The van der Waals surface area contributed by atoms with Gasteiger partial charge in [0.15, 0.2) is 11.5 Å². The molecule has 2 N–H and O–H groups in total. The Morgan fingerprint density at radius 2 is 1.80 bits per heavy atom. The number of amides is 1. The summed E-state index contributed by atoms with van der Waals surface area (Å²) < 4.78 is 10.5. The highest BCUT2D eigenvalue weighted by Gasteiger charge is 2.14. The number of hydrogen-bond donors (Lipinski definition) is 2. The number of halogens is 2. The smallest absolute Gasteiger partial charge is 0.241 e. The lowest BCUT2D eigenvalue weighted by Crippen LogP contribution is -2.37. The van der Waals surface area contributed by atoms with Crippen LogP contribution in [0.15, 0.2) is 36.4 Å². The topological polar surface area (TPSA) is 59.6 Å². The molecule has 2 rings (SSSR count). The van der Waals surface area contributed by atoms with Gasteiger partial charge in [-0.25, -0.2) is 0 Å². The minimum atomic E-state index is -0.428.